The van der Waals surface area contributed by atoms with Gasteiger partial charge in [0.05, 0.1) is 5.92 Å². The zero-order valence-electron chi connectivity index (χ0n) is 10.1. The summed E-state index contributed by atoms with van der Waals surface area (Å²) in [5, 5.41) is 11.4. The summed E-state index contributed by atoms with van der Waals surface area (Å²) in [6.07, 6.45) is 0.867. The lowest BCUT2D eigenvalue weighted by atomic mass is 9.99. The molecule has 2 N–H and O–H groups in total. The minimum Gasteiger partial charge on any atom is -0.481 e. The fraction of sp³-hybridized carbons (Fsp3) is 0.727. The van der Waals surface area contributed by atoms with Crippen molar-refractivity contribution in [1.82, 2.24) is 10.2 Å². The minimum atomic E-state index is -0.911. The van der Waals surface area contributed by atoms with Crippen LogP contribution in [0, 0.1) is 5.92 Å². The van der Waals surface area contributed by atoms with E-state index in [2.05, 4.69) is 10.1 Å². The van der Waals surface area contributed by atoms with Crippen LogP contribution in [0.3, 0.4) is 0 Å². The highest BCUT2D eigenvalue weighted by molar-refractivity contribution is 5.88. The fourth-order valence-corrected chi connectivity index (χ4v) is 2.47. The average Bonchev–Trinajstić information content (AvgIpc) is 2.95. The summed E-state index contributed by atoms with van der Waals surface area (Å²) in [6.45, 7) is 2.15. The third-order valence-corrected chi connectivity index (χ3v) is 3.52. The summed E-state index contributed by atoms with van der Waals surface area (Å²) in [5.41, 5.74) is 0. The van der Waals surface area contributed by atoms with Crippen LogP contribution in [0.5, 0.6) is 0 Å². The Labute approximate surface area is 104 Å². The molecule has 2 saturated heterocycles. The van der Waals surface area contributed by atoms with Gasteiger partial charge >= 0.3 is 12.1 Å². The zero-order chi connectivity index (χ0) is 13.3. The lowest BCUT2D eigenvalue weighted by Crippen LogP contribution is -2.50. The molecule has 18 heavy (non-hydrogen) atoms. The van der Waals surface area contributed by atoms with Crippen molar-refractivity contribution in [2.45, 2.75) is 31.8 Å². The summed E-state index contributed by atoms with van der Waals surface area (Å²) in [4.78, 5) is 35.6. The second-order valence-electron chi connectivity index (χ2n) is 4.66. The van der Waals surface area contributed by atoms with Gasteiger partial charge in [-0.25, -0.2) is 4.79 Å². The first-order valence-electron chi connectivity index (χ1n) is 5.97. The molecule has 2 rings (SSSR count). The molecule has 3 unspecified atom stereocenters. The Morgan fingerprint density at radius 3 is 2.83 bits per heavy atom. The van der Waals surface area contributed by atoms with Gasteiger partial charge in [-0.3, -0.25) is 9.59 Å². The highest BCUT2D eigenvalue weighted by atomic mass is 16.6. The number of alkyl carbamates (subject to hydrolysis) is 1. The normalized spacial score (nSPS) is 28.7. The molecular weight excluding hydrogens is 240 g/mol. The first-order chi connectivity index (χ1) is 8.50. The molecular formula is C11H16N2O5. The number of likely N-dealkylation sites (tertiary alicyclic amines) is 1. The van der Waals surface area contributed by atoms with Gasteiger partial charge in [0.25, 0.3) is 0 Å². The molecule has 2 aliphatic rings. The summed E-state index contributed by atoms with van der Waals surface area (Å²) in [7, 11) is 0. The van der Waals surface area contributed by atoms with Crippen molar-refractivity contribution in [3.8, 4) is 0 Å². The number of cyclic esters (lactones) is 1. The van der Waals surface area contributed by atoms with Crippen LogP contribution in [-0.4, -0.2) is 53.2 Å². The van der Waals surface area contributed by atoms with Crippen LogP contribution < -0.4 is 5.32 Å². The lowest BCUT2D eigenvalue weighted by molar-refractivity contribution is -0.145. The van der Waals surface area contributed by atoms with E-state index in [1.54, 1.807) is 11.8 Å². The van der Waals surface area contributed by atoms with Crippen LogP contribution in [0.15, 0.2) is 0 Å². The Morgan fingerprint density at radius 1 is 1.56 bits per heavy atom. The largest absolute Gasteiger partial charge is 0.481 e. The van der Waals surface area contributed by atoms with Gasteiger partial charge < -0.3 is 20.1 Å². The minimum absolute atomic E-state index is 0.0162. The predicted octanol–water partition coefficient (Wildman–Crippen LogP) is -0.193. The topological polar surface area (TPSA) is 95.9 Å². The van der Waals surface area contributed by atoms with Crippen LogP contribution in [0.25, 0.3) is 0 Å². The molecule has 2 aliphatic heterocycles. The molecule has 0 spiro atoms. The van der Waals surface area contributed by atoms with E-state index in [9.17, 15) is 14.4 Å². The summed E-state index contributed by atoms with van der Waals surface area (Å²) >= 11 is 0. The van der Waals surface area contributed by atoms with Crippen molar-refractivity contribution < 1.29 is 24.2 Å². The summed E-state index contributed by atoms with van der Waals surface area (Å²) in [5.74, 6) is -1.77. The van der Waals surface area contributed by atoms with Gasteiger partial charge in [-0.1, -0.05) is 0 Å². The van der Waals surface area contributed by atoms with Gasteiger partial charge in [0.2, 0.25) is 5.91 Å². The van der Waals surface area contributed by atoms with Gasteiger partial charge in [0.1, 0.15) is 12.6 Å². The van der Waals surface area contributed by atoms with Crippen LogP contribution in [-0.2, 0) is 14.3 Å². The van der Waals surface area contributed by atoms with Crippen molar-refractivity contribution in [2.24, 2.45) is 5.92 Å². The number of ether oxygens (including phenoxy) is 1. The fourth-order valence-electron chi connectivity index (χ4n) is 2.47. The second kappa shape index (κ2) is 4.83. The molecule has 2 amide bonds. The number of amides is 2. The molecule has 3 atom stereocenters. The number of carboxylic acid groups (broad SMARTS) is 1. The van der Waals surface area contributed by atoms with E-state index in [-0.39, 0.29) is 18.6 Å². The van der Waals surface area contributed by atoms with Crippen LogP contribution >= 0.6 is 0 Å². The SMILES string of the molecule is CC(C(=O)O)C1CCCN1C(=O)C1COC(=O)N1. The van der Waals surface area contributed by atoms with Crippen LogP contribution in [0.4, 0.5) is 4.79 Å². The smallest absolute Gasteiger partial charge is 0.407 e. The van der Waals surface area contributed by atoms with Crippen molar-refractivity contribution >= 4 is 18.0 Å². The van der Waals surface area contributed by atoms with Gasteiger partial charge in [0, 0.05) is 12.6 Å². The zero-order valence-corrected chi connectivity index (χ0v) is 10.1. The molecule has 0 saturated carbocycles. The molecule has 0 aromatic rings. The standard InChI is InChI=1S/C11H16N2O5/c1-6(10(15)16)8-3-2-4-13(8)9(14)7-5-18-11(17)12-7/h6-8H,2-5H2,1H3,(H,12,17)(H,15,16). The molecule has 2 fully saturated rings. The Bertz CT molecular complexity index is 384. The molecule has 0 bridgehead atoms. The number of aliphatic carboxylic acids is 1. The number of carbonyl (C=O) groups excluding carboxylic acids is 2. The summed E-state index contributed by atoms with van der Waals surface area (Å²) in [6, 6.07) is -0.980. The van der Waals surface area contributed by atoms with Crippen LogP contribution in [0.1, 0.15) is 19.8 Å². The Balaban J connectivity index is 2.05. The van der Waals surface area contributed by atoms with Crippen molar-refractivity contribution in [3.63, 3.8) is 0 Å². The Hall–Kier alpha value is -1.79. The highest BCUT2D eigenvalue weighted by Crippen LogP contribution is 2.25. The first-order valence-corrected chi connectivity index (χ1v) is 5.97. The van der Waals surface area contributed by atoms with Gasteiger partial charge in [-0.05, 0) is 19.8 Å². The van der Waals surface area contributed by atoms with E-state index in [1.165, 1.54) is 0 Å². The maximum absolute atomic E-state index is 12.2. The van der Waals surface area contributed by atoms with E-state index in [4.69, 9.17) is 5.11 Å². The lowest BCUT2D eigenvalue weighted by Gasteiger charge is -2.29. The highest BCUT2D eigenvalue weighted by Gasteiger charge is 2.40. The predicted molar refractivity (Wildman–Crippen MR) is 59.8 cm³/mol. The Morgan fingerprint density at radius 2 is 2.28 bits per heavy atom. The van der Waals surface area contributed by atoms with Gasteiger partial charge in [-0.15, -0.1) is 0 Å². The average molecular weight is 256 g/mol. The van der Waals surface area contributed by atoms with Gasteiger partial charge in [0.15, 0.2) is 0 Å². The number of hydrogen-bond acceptors (Lipinski definition) is 4. The number of carboxylic acids is 1. The number of carbonyl (C=O) groups is 3. The second-order valence-corrected chi connectivity index (χ2v) is 4.66. The third kappa shape index (κ3) is 2.25. The third-order valence-electron chi connectivity index (χ3n) is 3.52. The summed E-state index contributed by atoms with van der Waals surface area (Å²) < 4.78 is 4.68. The number of hydrogen-bond donors (Lipinski definition) is 2. The monoisotopic (exact) mass is 256 g/mol. The molecule has 2 heterocycles. The molecule has 7 heteroatoms. The van der Waals surface area contributed by atoms with Crippen LogP contribution in [0.2, 0.25) is 0 Å². The molecule has 0 radical (unpaired) electrons. The van der Waals surface area contributed by atoms with Crippen molar-refractivity contribution in [2.75, 3.05) is 13.2 Å². The molecule has 0 aromatic carbocycles. The van der Waals surface area contributed by atoms with E-state index in [0.717, 1.165) is 6.42 Å². The molecule has 100 valence electrons. The maximum atomic E-state index is 12.2. The van der Waals surface area contributed by atoms with E-state index in [0.29, 0.717) is 13.0 Å². The van der Waals surface area contributed by atoms with E-state index in [1.807, 2.05) is 0 Å². The number of rotatable bonds is 3. The maximum Gasteiger partial charge on any atom is 0.407 e. The van der Waals surface area contributed by atoms with Crippen molar-refractivity contribution in [1.29, 1.82) is 0 Å². The molecule has 7 nitrogen and oxygen atoms in total. The first kappa shape index (κ1) is 12.7. The molecule has 0 aliphatic carbocycles. The molecule has 0 aromatic heterocycles. The number of nitrogens with one attached hydrogen (secondary N) is 1. The number of nitrogens with zero attached hydrogens (tertiary/aromatic N) is 1. The Kier molecular flexibility index (Phi) is 3.40. The quantitative estimate of drug-likeness (QED) is 0.729. The van der Waals surface area contributed by atoms with E-state index >= 15 is 0 Å². The van der Waals surface area contributed by atoms with E-state index < -0.39 is 24.0 Å². The van der Waals surface area contributed by atoms with Gasteiger partial charge in [-0.2, -0.15) is 0 Å². The van der Waals surface area contributed by atoms with Crippen molar-refractivity contribution in [3.05, 3.63) is 0 Å².